The van der Waals surface area contributed by atoms with E-state index in [-0.39, 0.29) is 6.04 Å². The summed E-state index contributed by atoms with van der Waals surface area (Å²) in [5.74, 6) is 1.13. The molecule has 0 amide bonds. The highest BCUT2D eigenvalue weighted by Crippen LogP contribution is 2.24. The Kier molecular flexibility index (Phi) is 5.32. The van der Waals surface area contributed by atoms with Crippen molar-refractivity contribution >= 4 is 29.0 Å². The first-order chi connectivity index (χ1) is 7.54. The van der Waals surface area contributed by atoms with Crippen molar-refractivity contribution < 1.29 is 0 Å². The van der Waals surface area contributed by atoms with Gasteiger partial charge in [0.2, 0.25) is 0 Å². The number of nitrogens with two attached hydrogens (primary N) is 1. The highest BCUT2D eigenvalue weighted by Gasteiger charge is 2.14. The summed E-state index contributed by atoms with van der Waals surface area (Å²) in [4.78, 5) is 4.17. The first-order valence-electron chi connectivity index (χ1n) is 5.32. The van der Waals surface area contributed by atoms with E-state index < -0.39 is 0 Å². The van der Waals surface area contributed by atoms with E-state index in [2.05, 4.69) is 24.1 Å². The van der Waals surface area contributed by atoms with E-state index in [0.717, 1.165) is 6.42 Å². The van der Waals surface area contributed by atoms with Crippen molar-refractivity contribution in [1.82, 2.24) is 4.98 Å². The maximum atomic E-state index is 6.04. The van der Waals surface area contributed by atoms with Crippen LogP contribution < -0.4 is 11.1 Å². The van der Waals surface area contributed by atoms with Crippen LogP contribution in [-0.2, 0) is 0 Å². The van der Waals surface area contributed by atoms with Gasteiger partial charge in [0, 0.05) is 12.2 Å². The smallest absolute Gasteiger partial charge is 0.145 e. The predicted octanol–water partition coefficient (Wildman–Crippen LogP) is 3.17. The van der Waals surface area contributed by atoms with Crippen LogP contribution in [0.5, 0.6) is 0 Å². The van der Waals surface area contributed by atoms with Gasteiger partial charge >= 0.3 is 0 Å². The van der Waals surface area contributed by atoms with Crippen LogP contribution in [0.15, 0.2) is 12.3 Å². The Balaban J connectivity index is 2.77. The molecule has 0 fully saturated rings. The van der Waals surface area contributed by atoms with Crippen LogP contribution in [0.25, 0.3) is 0 Å². The van der Waals surface area contributed by atoms with Crippen molar-refractivity contribution in [2.75, 3.05) is 11.9 Å². The molecule has 1 aromatic heterocycles. The molecule has 3 nitrogen and oxygen atoms in total. The van der Waals surface area contributed by atoms with Crippen LogP contribution in [0.2, 0.25) is 10.0 Å². The number of rotatable bonds is 5. The SMILES string of the molecule is CC(C)C(CCN)Nc1ncc(Cl)cc1Cl. The predicted molar refractivity (Wildman–Crippen MR) is 70.2 cm³/mol. The molecule has 0 saturated heterocycles. The zero-order valence-corrected chi connectivity index (χ0v) is 11.0. The van der Waals surface area contributed by atoms with Gasteiger partial charge in [0.15, 0.2) is 0 Å². The third-order valence-corrected chi connectivity index (χ3v) is 2.91. The van der Waals surface area contributed by atoms with Crippen LogP contribution in [0.4, 0.5) is 5.82 Å². The first kappa shape index (κ1) is 13.6. The average molecular weight is 262 g/mol. The molecule has 1 heterocycles. The monoisotopic (exact) mass is 261 g/mol. The van der Waals surface area contributed by atoms with Crippen molar-refractivity contribution in [2.24, 2.45) is 11.7 Å². The standard InChI is InChI=1S/C11H17Cl2N3/c1-7(2)10(3-4-14)16-11-9(13)5-8(12)6-15-11/h5-7,10H,3-4,14H2,1-2H3,(H,15,16). The molecule has 0 radical (unpaired) electrons. The molecule has 1 rings (SSSR count). The van der Waals surface area contributed by atoms with Gasteiger partial charge in [0.1, 0.15) is 5.82 Å². The van der Waals surface area contributed by atoms with Crippen molar-refractivity contribution in [2.45, 2.75) is 26.3 Å². The molecule has 0 aliphatic heterocycles. The molecule has 0 saturated carbocycles. The quantitative estimate of drug-likeness (QED) is 0.856. The van der Waals surface area contributed by atoms with E-state index in [0.29, 0.717) is 28.3 Å². The van der Waals surface area contributed by atoms with E-state index in [1.54, 1.807) is 12.3 Å². The van der Waals surface area contributed by atoms with Crippen LogP contribution in [0, 0.1) is 5.92 Å². The van der Waals surface area contributed by atoms with Gasteiger partial charge in [0.05, 0.1) is 10.0 Å². The molecule has 1 atom stereocenters. The Labute approximate surface area is 106 Å². The van der Waals surface area contributed by atoms with Gasteiger partial charge in [0.25, 0.3) is 0 Å². The molecule has 1 unspecified atom stereocenters. The normalized spacial score (nSPS) is 12.9. The summed E-state index contributed by atoms with van der Waals surface area (Å²) in [6.45, 7) is 4.91. The lowest BCUT2D eigenvalue weighted by atomic mass is 10.0. The molecule has 0 aliphatic rings. The molecular weight excluding hydrogens is 245 g/mol. The summed E-state index contributed by atoms with van der Waals surface area (Å²) >= 11 is 11.8. The van der Waals surface area contributed by atoms with E-state index in [1.807, 2.05) is 0 Å². The molecule has 0 aliphatic carbocycles. The number of nitrogens with zero attached hydrogens (tertiary/aromatic N) is 1. The zero-order chi connectivity index (χ0) is 12.1. The number of nitrogens with one attached hydrogen (secondary N) is 1. The van der Waals surface area contributed by atoms with Gasteiger partial charge < -0.3 is 11.1 Å². The minimum absolute atomic E-state index is 0.274. The fraction of sp³-hybridized carbons (Fsp3) is 0.545. The third-order valence-electron chi connectivity index (χ3n) is 2.41. The molecule has 0 spiro atoms. The summed E-state index contributed by atoms with van der Waals surface area (Å²) in [6.07, 6.45) is 2.47. The summed E-state index contributed by atoms with van der Waals surface area (Å²) in [5, 5.41) is 4.37. The maximum Gasteiger partial charge on any atom is 0.145 e. The van der Waals surface area contributed by atoms with Crippen molar-refractivity contribution in [3.8, 4) is 0 Å². The number of anilines is 1. The number of halogens is 2. The molecular formula is C11H17Cl2N3. The zero-order valence-electron chi connectivity index (χ0n) is 9.50. The van der Waals surface area contributed by atoms with Crippen LogP contribution in [-0.4, -0.2) is 17.6 Å². The molecule has 5 heteroatoms. The minimum Gasteiger partial charge on any atom is -0.366 e. The number of aromatic nitrogens is 1. The average Bonchev–Trinajstić information content (AvgIpc) is 2.20. The Bertz CT molecular complexity index is 342. The Hall–Kier alpha value is -0.510. The molecule has 1 aromatic rings. The van der Waals surface area contributed by atoms with Crippen LogP contribution >= 0.6 is 23.2 Å². The summed E-state index contributed by atoms with van der Waals surface area (Å²) < 4.78 is 0. The topological polar surface area (TPSA) is 50.9 Å². The minimum atomic E-state index is 0.274. The first-order valence-corrected chi connectivity index (χ1v) is 6.07. The second-order valence-corrected chi connectivity index (χ2v) is 4.90. The maximum absolute atomic E-state index is 6.04. The van der Waals surface area contributed by atoms with Gasteiger partial charge in [-0.2, -0.15) is 0 Å². The van der Waals surface area contributed by atoms with Crippen molar-refractivity contribution in [3.63, 3.8) is 0 Å². The lowest BCUT2D eigenvalue weighted by molar-refractivity contribution is 0.497. The summed E-state index contributed by atoms with van der Waals surface area (Å²) in [5.41, 5.74) is 5.57. The largest absolute Gasteiger partial charge is 0.366 e. The Morgan fingerprint density at radius 2 is 2.12 bits per heavy atom. The van der Waals surface area contributed by atoms with E-state index >= 15 is 0 Å². The number of pyridine rings is 1. The Morgan fingerprint density at radius 1 is 1.44 bits per heavy atom. The second-order valence-electron chi connectivity index (χ2n) is 4.06. The van der Waals surface area contributed by atoms with E-state index in [4.69, 9.17) is 28.9 Å². The second kappa shape index (κ2) is 6.28. The number of hydrogen-bond acceptors (Lipinski definition) is 3. The lowest BCUT2D eigenvalue weighted by Gasteiger charge is -2.22. The van der Waals surface area contributed by atoms with Crippen molar-refractivity contribution in [3.05, 3.63) is 22.3 Å². The van der Waals surface area contributed by atoms with Gasteiger partial charge in [-0.3, -0.25) is 0 Å². The summed E-state index contributed by atoms with van der Waals surface area (Å²) in [7, 11) is 0. The Morgan fingerprint density at radius 3 is 2.62 bits per heavy atom. The highest BCUT2D eigenvalue weighted by molar-refractivity contribution is 6.35. The van der Waals surface area contributed by atoms with Gasteiger partial charge in [-0.25, -0.2) is 4.98 Å². The van der Waals surface area contributed by atoms with Crippen LogP contribution in [0.1, 0.15) is 20.3 Å². The molecule has 0 bridgehead atoms. The molecule has 90 valence electrons. The molecule has 16 heavy (non-hydrogen) atoms. The fourth-order valence-electron chi connectivity index (χ4n) is 1.45. The van der Waals surface area contributed by atoms with Crippen molar-refractivity contribution in [1.29, 1.82) is 0 Å². The molecule has 0 aromatic carbocycles. The fourth-order valence-corrected chi connectivity index (χ4v) is 1.88. The van der Waals surface area contributed by atoms with E-state index in [9.17, 15) is 0 Å². The van der Waals surface area contributed by atoms with Gasteiger partial charge in [-0.15, -0.1) is 0 Å². The van der Waals surface area contributed by atoms with Gasteiger partial charge in [-0.05, 0) is 24.9 Å². The lowest BCUT2D eigenvalue weighted by Crippen LogP contribution is -2.29. The van der Waals surface area contributed by atoms with Crippen LogP contribution in [0.3, 0.4) is 0 Å². The van der Waals surface area contributed by atoms with E-state index in [1.165, 1.54) is 0 Å². The number of hydrogen-bond donors (Lipinski definition) is 2. The highest BCUT2D eigenvalue weighted by atomic mass is 35.5. The summed E-state index contributed by atoms with van der Waals surface area (Å²) in [6, 6.07) is 1.95. The third kappa shape index (κ3) is 3.81. The van der Waals surface area contributed by atoms with Gasteiger partial charge in [-0.1, -0.05) is 37.0 Å². The molecule has 3 N–H and O–H groups in total.